The summed E-state index contributed by atoms with van der Waals surface area (Å²) in [5, 5.41) is 0. The molecule has 0 aromatic rings. The maximum absolute atomic E-state index is 11.2. The highest BCUT2D eigenvalue weighted by Crippen LogP contribution is 2.11. The fourth-order valence-electron chi connectivity index (χ4n) is 1.03. The van der Waals surface area contributed by atoms with Gasteiger partial charge in [-0.05, 0) is 19.9 Å². The molecule has 0 aromatic carbocycles. The lowest BCUT2D eigenvalue weighted by molar-refractivity contribution is -0.136. The maximum atomic E-state index is 11.2. The molecule has 0 saturated heterocycles. The fraction of sp³-hybridized carbons (Fsp3) is 0.625. The van der Waals surface area contributed by atoms with Crippen LogP contribution in [0.2, 0.25) is 0 Å². The van der Waals surface area contributed by atoms with Crippen LogP contribution in [0, 0.1) is 0 Å². The molecule has 6 nitrogen and oxygen atoms in total. The van der Waals surface area contributed by atoms with Crippen LogP contribution >= 0.6 is 0 Å². The Morgan fingerprint density at radius 2 is 2.00 bits per heavy atom. The second-order valence-electron chi connectivity index (χ2n) is 3.02. The van der Waals surface area contributed by atoms with Crippen molar-refractivity contribution in [2.45, 2.75) is 13.3 Å². The molecule has 3 N–H and O–H groups in total. The molecule has 0 fully saturated rings. The summed E-state index contributed by atoms with van der Waals surface area (Å²) < 4.78 is 34.4. The molecule has 0 atom stereocenters. The highest BCUT2D eigenvalue weighted by molar-refractivity contribution is 7.86. The molecule has 0 spiro atoms. The summed E-state index contributed by atoms with van der Waals surface area (Å²) in [5.74, 6) is -1.51. The lowest BCUT2D eigenvalue weighted by atomic mass is 10.1. The molecular weight excluding hydrogens is 222 g/mol. The molecule has 0 bridgehead atoms. The first-order valence-corrected chi connectivity index (χ1v) is 5.85. The summed E-state index contributed by atoms with van der Waals surface area (Å²) in [5.41, 5.74) is 5.71. The quantitative estimate of drug-likeness (QED) is 0.386. The van der Waals surface area contributed by atoms with E-state index in [1.807, 2.05) is 0 Å². The van der Waals surface area contributed by atoms with Crippen LogP contribution in [0.3, 0.4) is 0 Å². The number of hydrogen-bond acceptors (Lipinski definition) is 5. The van der Waals surface area contributed by atoms with Gasteiger partial charge in [0.15, 0.2) is 0 Å². The minimum atomic E-state index is -4.24. The normalized spacial score (nSPS) is 13.3. The third-order valence-corrected chi connectivity index (χ3v) is 2.45. The van der Waals surface area contributed by atoms with Crippen LogP contribution in [0.1, 0.15) is 13.3 Å². The Bertz CT molecular complexity index is 357. The highest BCUT2D eigenvalue weighted by Gasteiger charge is 2.19. The Morgan fingerprint density at radius 1 is 1.47 bits per heavy atom. The molecule has 7 heteroatoms. The van der Waals surface area contributed by atoms with E-state index < -0.39 is 21.8 Å². The average molecular weight is 237 g/mol. The summed E-state index contributed by atoms with van der Waals surface area (Å²) in [4.78, 5) is 11.2. The van der Waals surface area contributed by atoms with Crippen LogP contribution in [-0.4, -0.2) is 38.3 Å². The van der Waals surface area contributed by atoms with Crippen LogP contribution in [-0.2, 0) is 19.6 Å². The zero-order valence-corrected chi connectivity index (χ0v) is 9.50. The van der Waals surface area contributed by atoms with Crippen molar-refractivity contribution in [1.29, 1.82) is 0 Å². The van der Waals surface area contributed by atoms with E-state index in [4.69, 9.17) is 10.3 Å². The second kappa shape index (κ2) is 5.84. The van der Waals surface area contributed by atoms with Gasteiger partial charge in [-0.1, -0.05) is 5.57 Å². The molecular formula is C8H15NO5S. The summed E-state index contributed by atoms with van der Waals surface area (Å²) in [6.07, 6.45) is 0.375. The summed E-state index contributed by atoms with van der Waals surface area (Å²) >= 11 is 0. The van der Waals surface area contributed by atoms with Gasteiger partial charge in [0.1, 0.15) is 5.75 Å². The third kappa shape index (κ3) is 5.50. The first-order chi connectivity index (χ1) is 6.81. The zero-order chi connectivity index (χ0) is 12.1. The minimum absolute atomic E-state index is 0.0644. The van der Waals surface area contributed by atoms with Crippen LogP contribution in [0.15, 0.2) is 11.1 Å². The van der Waals surface area contributed by atoms with Crippen molar-refractivity contribution in [3.63, 3.8) is 0 Å². The SMILES string of the molecule is COC(=O)C(CS(=O)(=O)O)=C(C)CCN. The number of carbonyl (C=O) groups is 1. The van der Waals surface area contributed by atoms with E-state index in [-0.39, 0.29) is 12.1 Å². The number of esters is 1. The van der Waals surface area contributed by atoms with Crippen molar-refractivity contribution in [2.75, 3.05) is 19.4 Å². The van der Waals surface area contributed by atoms with Gasteiger partial charge in [0.25, 0.3) is 10.1 Å². The molecule has 0 aliphatic heterocycles. The topological polar surface area (TPSA) is 107 Å². The van der Waals surface area contributed by atoms with Gasteiger partial charge in [-0.2, -0.15) is 8.42 Å². The van der Waals surface area contributed by atoms with Gasteiger partial charge in [-0.3, -0.25) is 4.55 Å². The van der Waals surface area contributed by atoms with Gasteiger partial charge in [0.05, 0.1) is 12.7 Å². The summed E-state index contributed by atoms with van der Waals surface area (Å²) in [7, 11) is -3.10. The van der Waals surface area contributed by atoms with Crippen molar-refractivity contribution in [3.8, 4) is 0 Å². The molecule has 15 heavy (non-hydrogen) atoms. The van der Waals surface area contributed by atoms with Crippen LogP contribution in [0.5, 0.6) is 0 Å². The average Bonchev–Trinajstić information content (AvgIpc) is 2.12. The molecule has 0 aliphatic rings. The molecule has 0 aromatic heterocycles. The van der Waals surface area contributed by atoms with Crippen LogP contribution in [0.4, 0.5) is 0 Å². The Balaban J connectivity index is 5.06. The Hall–Kier alpha value is -0.920. The number of rotatable bonds is 5. The van der Waals surface area contributed by atoms with E-state index in [0.29, 0.717) is 12.0 Å². The number of nitrogens with two attached hydrogens (primary N) is 1. The molecule has 0 heterocycles. The lowest BCUT2D eigenvalue weighted by Gasteiger charge is -2.08. The van der Waals surface area contributed by atoms with Gasteiger partial charge in [0, 0.05) is 0 Å². The Morgan fingerprint density at radius 3 is 2.33 bits per heavy atom. The van der Waals surface area contributed by atoms with Crippen molar-refractivity contribution in [2.24, 2.45) is 5.73 Å². The van der Waals surface area contributed by atoms with Gasteiger partial charge < -0.3 is 10.5 Å². The highest BCUT2D eigenvalue weighted by atomic mass is 32.2. The van der Waals surface area contributed by atoms with E-state index in [2.05, 4.69) is 4.74 Å². The van der Waals surface area contributed by atoms with E-state index >= 15 is 0 Å². The monoisotopic (exact) mass is 237 g/mol. The number of carbonyl (C=O) groups excluding carboxylic acids is 1. The first kappa shape index (κ1) is 14.1. The van der Waals surface area contributed by atoms with Crippen LogP contribution < -0.4 is 5.73 Å². The second-order valence-corrected chi connectivity index (χ2v) is 4.47. The minimum Gasteiger partial charge on any atom is -0.466 e. The predicted molar refractivity (Wildman–Crippen MR) is 54.8 cm³/mol. The number of ether oxygens (including phenoxy) is 1. The number of methoxy groups -OCH3 is 1. The molecule has 0 amide bonds. The Kier molecular flexibility index (Phi) is 5.48. The first-order valence-electron chi connectivity index (χ1n) is 4.24. The van der Waals surface area contributed by atoms with Crippen molar-refractivity contribution in [1.82, 2.24) is 0 Å². The van der Waals surface area contributed by atoms with Crippen LogP contribution in [0.25, 0.3) is 0 Å². The standard InChI is InChI=1S/C8H15NO5S/c1-6(3-4-9)7(8(10)14-2)5-15(11,12)13/h3-5,9H2,1-2H3,(H,11,12,13). The van der Waals surface area contributed by atoms with E-state index in [9.17, 15) is 13.2 Å². The number of hydrogen-bond donors (Lipinski definition) is 2. The lowest BCUT2D eigenvalue weighted by Crippen LogP contribution is -2.18. The smallest absolute Gasteiger partial charge is 0.334 e. The molecule has 0 aliphatic carbocycles. The van der Waals surface area contributed by atoms with E-state index in [0.717, 1.165) is 7.11 Å². The third-order valence-electron chi connectivity index (χ3n) is 1.79. The predicted octanol–water partition coefficient (Wildman–Crippen LogP) is -0.287. The molecule has 0 unspecified atom stereocenters. The van der Waals surface area contributed by atoms with E-state index in [1.165, 1.54) is 0 Å². The summed E-state index contributed by atoms with van der Waals surface area (Å²) in [6.45, 7) is 1.86. The zero-order valence-electron chi connectivity index (χ0n) is 8.69. The van der Waals surface area contributed by atoms with Gasteiger partial charge in [-0.25, -0.2) is 4.79 Å². The fourth-order valence-corrected chi connectivity index (χ4v) is 1.76. The van der Waals surface area contributed by atoms with Gasteiger partial charge in [0.2, 0.25) is 0 Å². The molecule has 0 saturated carbocycles. The van der Waals surface area contributed by atoms with Crippen molar-refractivity contribution in [3.05, 3.63) is 11.1 Å². The van der Waals surface area contributed by atoms with Gasteiger partial charge in [-0.15, -0.1) is 0 Å². The molecule has 0 radical (unpaired) electrons. The Labute approximate surface area is 88.8 Å². The van der Waals surface area contributed by atoms with Gasteiger partial charge >= 0.3 is 5.97 Å². The van der Waals surface area contributed by atoms with Crippen molar-refractivity contribution < 1.29 is 22.5 Å². The largest absolute Gasteiger partial charge is 0.466 e. The van der Waals surface area contributed by atoms with Crippen molar-refractivity contribution >= 4 is 16.1 Å². The maximum Gasteiger partial charge on any atom is 0.334 e. The molecule has 0 rings (SSSR count). The summed E-state index contributed by atoms with van der Waals surface area (Å²) in [6, 6.07) is 0. The molecule has 88 valence electrons. The van der Waals surface area contributed by atoms with E-state index in [1.54, 1.807) is 6.92 Å².